The number of halogens is 4. The second-order valence-corrected chi connectivity index (χ2v) is 9.58. The molecule has 0 saturated heterocycles. The van der Waals surface area contributed by atoms with E-state index in [0.717, 1.165) is 0 Å². The molecule has 11 nitrogen and oxygen atoms in total. The summed E-state index contributed by atoms with van der Waals surface area (Å²) < 4.78 is 56.2. The molecule has 5 rings (SSSR count). The molecule has 15 heteroatoms. The zero-order chi connectivity index (χ0) is 30.7. The Morgan fingerprint density at radius 2 is 1.79 bits per heavy atom. The standard InChI is InChI=1S/C28H22ClF3N6O5/c1-41-10-7-22(25(40)35-16-4-6-20-21(12-16)34-9-8-33-20)38-14-23(42-2)19(13-24(38)39)18-11-15(29)3-5-17(18)26-36-37-27(43-26)28(30,31)32/h3-6,8-9,11-14,22H,7,10H2,1-2H3,(H,35,40). The van der Waals surface area contributed by atoms with E-state index in [1.165, 1.54) is 55.4 Å². The van der Waals surface area contributed by atoms with Gasteiger partial charge in [0.1, 0.15) is 11.8 Å². The number of anilines is 1. The minimum atomic E-state index is -4.85. The highest BCUT2D eigenvalue weighted by Gasteiger charge is 2.38. The molecule has 1 unspecified atom stereocenters. The lowest BCUT2D eigenvalue weighted by molar-refractivity contribution is -0.157. The van der Waals surface area contributed by atoms with Crippen molar-refractivity contribution in [3.05, 3.63) is 82.3 Å². The number of hydrogen-bond acceptors (Lipinski definition) is 9. The van der Waals surface area contributed by atoms with E-state index in [2.05, 4.69) is 25.5 Å². The molecule has 0 fully saturated rings. The molecule has 222 valence electrons. The Balaban J connectivity index is 1.55. The van der Waals surface area contributed by atoms with Crippen molar-refractivity contribution >= 4 is 34.2 Å². The number of ether oxygens (including phenoxy) is 2. The van der Waals surface area contributed by atoms with Gasteiger partial charge in [0, 0.05) is 60.4 Å². The van der Waals surface area contributed by atoms with E-state index in [9.17, 15) is 22.8 Å². The lowest BCUT2D eigenvalue weighted by atomic mass is 9.99. The first-order valence-electron chi connectivity index (χ1n) is 12.6. The summed E-state index contributed by atoms with van der Waals surface area (Å²) >= 11 is 6.22. The van der Waals surface area contributed by atoms with Gasteiger partial charge in [0.25, 0.3) is 5.56 Å². The van der Waals surface area contributed by atoms with Crippen molar-refractivity contribution in [2.45, 2.75) is 18.6 Å². The fourth-order valence-corrected chi connectivity index (χ4v) is 4.58. The molecular formula is C28H22ClF3N6O5. The number of amides is 1. The summed E-state index contributed by atoms with van der Waals surface area (Å²) in [6.07, 6.45) is -0.305. The molecule has 0 radical (unpaired) electrons. The first-order valence-corrected chi connectivity index (χ1v) is 13.0. The molecule has 5 aromatic rings. The van der Waals surface area contributed by atoms with Gasteiger partial charge in [-0.1, -0.05) is 11.6 Å². The molecule has 0 aliphatic heterocycles. The number of carbonyl (C=O) groups excluding carboxylic acids is 1. The molecule has 0 bridgehead atoms. The van der Waals surface area contributed by atoms with Gasteiger partial charge in [-0.25, -0.2) is 0 Å². The Morgan fingerprint density at radius 3 is 2.49 bits per heavy atom. The summed E-state index contributed by atoms with van der Waals surface area (Å²) in [5.74, 6) is -2.36. The maximum Gasteiger partial charge on any atom is 0.470 e. The smallest absolute Gasteiger partial charge is 0.470 e. The van der Waals surface area contributed by atoms with Crippen LogP contribution in [0.25, 0.3) is 33.6 Å². The number of fused-ring (bicyclic) bond motifs is 1. The third kappa shape index (κ3) is 6.34. The SMILES string of the molecule is COCCC(C(=O)Nc1ccc2nccnc2c1)n1cc(OC)c(-c2cc(Cl)ccc2-c2nnc(C(F)(F)F)o2)cc1=O. The van der Waals surface area contributed by atoms with Crippen LogP contribution in [0.4, 0.5) is 18.9 Å². The maximum absolute atomic E-state index is 13.5. The van der Waals surface area contributed by atoms with Gasteiger partial charge in [0.2, 0.25) is 11.8 Å². The summed E-state index contributed by atoms with van der Waals surface area (Å²) in [4.78, 5) is 35.5. The van der Waals surface area contributed by atoms with Crippen LogP contribution in [0.1, 0.15) is 18.4 Å². The molecule has 2 aromatic carbocycles. The molecule has 0 aliphatic rings. The topological polar surface area (TPSA) is 134 Å². The third-order valence-electron chi connectivity index (χ3n) is 6.40. The van der Waals surface area contributed by atoms with Gasteiger partial charge >= 0.3 is 12.1 Å². The highest BCUT2D eigenvalue weighted by molar-refractivity contribution is 6.31. The van der Waals surface area contributed by atoms with Crippen molar-refractivity contribution in [3.8, 4) is 28.3 Å². The highest BCUT2D eigenvalue weighted by Crippen LogP contribution is 2.39. The Labute approximate surface area is 246 Å². The van der Waals surface area contributed by atoms with E-state index in [-0.39, 0.29) is 40.5 Å². The number of nitrogens with zero attached hydrogens (tertiary/aromatic N) is 5. The number of nitrogens with one attached hydrogen (secondary N) is 1. The van der Waals surface area contributed by atoms with Crippen LogP contribution >= 0.6 is 11.6 Å². The average Bonchev–Trinajstić information content (AvgIpc) is 3.49. The molecule has 3 aromatic heterocycles. The minimum absolute atomic E-state index is 0.0796. The van der Waals surface area contributed by atoms with Crippen molar-refractivity contribution in [3.63, 3.8) is 0 Å². The number of alkyl halides is 3. The lowest BCUT2D eigenvalue weighted by Gasteiger charge is -2.21. The number of methoxy groups -OCH3 is 2. The number of benzene rings is 2. The van der Waals surface area contributed by atoms with Crippen LogP contribution in [0.5, 0.6) is 5.75 Å². The van der Waals surface area contributed by atoms with Gasteiger partial charge < -0.3 is 19.2 Å². The van der Waals surface area contributed by atoms with E-state index in [0.29, 0.717) is 16.7 Å². The van der Waals surface area contributed by atoms with Gasteiger partial charge in [-0.2, -0.15) is 13.2 Å². The summed E-state index contributed by atoms with van der Waals surface area (Å²) in [6, 6.07) is 9.42. The summed E-state index contributed by atoms with van der Waals surface area (Å²) in [5, 5.41) is 9.64. The lowest BCUT2D eigenvalue weighted by Crippen LogP contribution is -2.34. The molecule has 0 spiro atoms. The number of rotatable bonds is 9. The number of hydrogen-bond donors (Lipinski definition) is 1. The minimum Gasteiger partial charge on any atom is -0.495 e. The quantitative estimate of drug-likeness (QED) is 0.231. The molecule has 1 atom stereocenters. The maximum atomic E-state index is 13.5. The molecular weight excluding hydrogens is 593 g/mol. The normalized spacial score (nSPS) is 12.3. The highest BCUT2D eigenvalue weighted by atomic mass is 35.5. The van der Waals surface area contributed by atoms with E-state index < -0.39 is 35.5 Å². The van der Waals surface area contributed by atoms with Gasteiger partial charge in [0.15, 0.2) is 0 Å². The van der Waals surface area contributed by atoms with Gasteiger partial charge in [-0.05, 0) is 42.0 Å². The Kier molecular flexibility index (Phi) is 8.41. The Hall–Kier alpha value is -4.82. The predicted octanol–water partition coefficient (Wildman–Crippen LogP) is 5.41. The zero-order valence-corrected chi connectivity index (χ0v) is 23.3. The van der Waals surface area contributed by atoms with Crippen molar-refractivity contribution in [1.29, 1.82) is 0 Å². The second kappa shape index (κ2) is 12.2. The molecule has 0 aliphatic carbocycles. The molecule has 43 heavy (non-hydrogen) atoms. The van der Waals surface area contributed by atoms with Crippen LogP contribution in [0.15, 0.2) is 70.3 Å². The number of carbonyl (C=O) groups is 1. The van der Waals surface area contributed by atoms with Crippen LogP contribution in [-0.4, -0.2) is 51.5 Å². The van der Waals surface area contributed by atoms with Gasteiger partial charge in [-0.3, -0.25) is 24.1 Å². The van der Waals surface area contributed by atoms with Crippen LogP contribution < -0.4 is 15.6 Å². The van der Waals surface area contributed by atoms with Crippen LogP contribution in [0.2, 0.25) is 5.02 Å². The van der Waals surface area contributed by atoms with Gasteiger partial charge in [0.05, 0.1) is 24.3 Å². The van der Waals surface area contributed by atoms with Crippen molar-refractivity contribution in [2.75, 3.05) is 26.1 Å². The van der Waals surface area contributed by atoms with Crippen LogP contribution in [-0.2, 0) is 15.7 Å². The monoisotopic (exact) mass is 614 g/mol. The fourth-order valence-electron chi connectivity index (χ4n) is 4.41. The number of aromatic nitrogens is 5. The van der Waals surface area contributed by atoms with E-state index in [4.69, 9.17) is 25.5 Å². The third-order valence-corrected chi connectivity index (χ3v) is 6.64. The van der Waals surface area contributed by atoms with E-state index >= 15 is 0 Å². The summed E-state index contributed by atoms with van der Waals surface area (Å²) in [6.45, 7) is 0.148. The van der Waals surface area contributed by atoms with Crippen LogP contribution in [0, 0.1) is 0 Å². The van der Waals surface area contributed by atoms with Gasteiger partial charge in [-0.15, -0.1) is 10.2 Å². The predicted molar refractivity (Wildman–Crippen MR) is 150 cm³/mol. The summed E-state index contributed by atoms with van der Waals surface area (Å²) in [5.41, 5.74) is 1.49. The van der Waals surface area contributed by atoms with E-state index in [1.807, 2.05) is 0 Å². The zero-order valence-electron chi connectivity index (χ0n) is 22.6. The fraction of sp³-hybridized carbons (Fsp3) is 0.214. The first kappa shape index (κ1) is 29.7. The molecule has 0 saturated carbocycles. The van der Waals surface area contributed by atoms with Crippen molar-refractivity contribution < 1.29 is 31.9 Å². The first-order chi connectivity index (χ1) is 20.6. The molecule has 1 N–H and O–H groups in total. The average molecular weight is 615 g/mol. The van der Waals surface area contributed by atoms with Crippen molar-refractivity contribution in [2.24, 2.45) is 0 Å². The largest absolute Gasteiger partial charge is 0.495 e. The molecule has 1 amide bonds. The Bertz CT molecular complexity index is 1860. The number of pyridine rings is 1. The van der Waals surface area contributed by atoms with E-state index in [1.54, 1.807) is 24.4 Å². The van der Waals surface area contributed by atoms with Crippen LogP contribution in [0.3, 0.4) is 0 Å². The second-order valence-electron chi connectivity index (χ2n) is 9.15. The summed E-state index contributed by atoms with van der Waals surface area (Å²) in [7, 11) is 2.80. The Morgan fingerprint density at radius 1 is 1.02 bits per heavy atom. The van der Waals surface area contributed by atoms with Crippen molar-refractivity contribution in [1.82, 2.24) is 24.7 Å². The molecule has 3 heterocycles.